The van der Waals surface area contributed by atoms with Gasteiger partial charge in [-0.3, -0.25) is 14.4 Å². The molecule has 0 bridgehead atoms. The summed E-state index contributed by atoms with van der Waals surface area (Å²) in [5, 5.41) is 0. The number of hydrogen-bond acceptors (Lipinski definition) is 6. The van der Waals surface area contributed by atoms with Crippen molar-refractivity contribution in [2.75, 3.05) is 13.2 Å². The van der Waals surface area contributed by atoms with Crippen LogP contribution in [-0.2, 0) is 28.6 Å². The summed E-state index contributed by atoms with van der Waals surface area (Å²) in [5.41, 5.74) is 0. The largest absolute Gasteiger partial charge is 0.462 e. The average molecular weight is 936 g/mol. The van der Waals surface area contributed by atoms with E-state index >= 15 is 0 Å². The monoisotopic (exact) mass is 935 g/mol. The van der Waals surface area contributed by atoms with Gasteiger partial charge in [-0.05, 0) is 89.9 Å². The molecule has 0 saturated carbocycles. The third-order valence-electron chi connectivity index (χ3n) is 12.2. The van der Waals surface area contributed by atoms with Gasteiger partial charge in [0, 0.05) is 19.3 Å². The van der Waals surface area contributed by atoms with Crippen molar-refractivity contribution in [3.05, 3.63) is 72.9 Å². The second-order valence-electron chi connectivity index (χ2n) is 18.8. The minimum Gasteiger partial charge on any atom is -0.462 e. The van der Waals surface area contributed by atoms with E-state index in [0.717, 1.165) is 103 Å². The Hall–Kier alpha value is -3.15. The van der Waals surface area contributed by atoms with Crippen molar-refractivity contribution in [2.45, 2.75) is 284 Å². The second kappa shape index (κ2) is 55.4. The quantitative estimate of drug-likeness (QED) is 0.0262. The average Bonchev–Trinajstić information content (AvgIpc) is 3.33. The van der Waals surface area contributed by atoms with Gasteiger partial charge in [0.15, 0.2) is 6.10 Å². The molecule has 0 amide bonds. The lowest BCUT2D eigenvalue weighted by Crippen LogP contribution is -2.30. The van der Waals surface area contributed by atoms with Crippen LogP contribution in [0.2, 0.25) is 0 Å². The van der Waals surface area contributed by atoms with Crippen LogP contribution in [0.1, 0.15) is 278 Å². The van der Waals surface area contributed by atoms with Gasteiger partial charge in [-0.25, -0.2) is 0 Å². The summed E-state index contributed by atoms with van der Waals surface area (Å²) in [6.45, 7) is 6.50. The zero-order chi connectivity index (χ0) is 48.6. The van der Waals surface area contributed by atoms with Crippen molar-refractivity contribution in [1.82, 2.24) is 0 Å². The van der Waals surface area contributed by atoms with Crippen LogP contribution in [0.3, 0.4) is 0 Å². The SMILES string of the molecule is CC/C=C\C/C=C\C/C=C\C/C=C\CCCCCCC(=O)OC[C@H](COC(=O)CCCCCCCCCCCCCCC)OC(=O)CCCCCCCCCCC/C=C\C/C=C\CCCCC. The molecule has 0 N–H and O–H groups in total. The van der Waals surface area contributed by atoms with Crippen LogP contribution in [0.15, 0.2) is 72.9 Å². The first-order chi connectivity index (χ1) is 33.0. The zero-order valence-electron chi connectivity index (χ0n) is 44.2. The Balaban J connectivity index is 4.40. The molecular weight excluding hydrogens is 829 g/mol. The Kier molecular flexibility index (Phi) is 52.8. The lowest BCUT2D eigenvalue weighted by molar-refractivity contribution is -0.167. The molecular formula is C61H106O6. The number of rotatable bonds is 51. The maximum atomic E-state index is 12.9. The number of esters is 3. The highest BCUT2D eigenvalue weighted by Gasteiger charge is 2.19. The van der Waals surface area contributed by atoms with Crippen LogP contribution < -0.4 is 0 Å². The smallest absolute Gasteiger partial charge is 0.306 e. The molecule has 1 atom stereocenters. The van der Waals surface area contributed by atoms with Crippen LogP contribution in [-0.4, -0.2) is 37.2 Å². The van der Waals surface area contributed by atoms with E-state index in [9.17, 15) is 14.4 Å². The van der Waals surface area contributed by atoms with Gasteiger partial charge in [0.1, 0.15) is 13.2 Å². The Morgan fingerprint density at radius 2 is 0.582 bits per heavy atom. The maximum absolute atomic E-state index is 12.9. The summed E-state index contributed by atoms with van der Waals surface area (Å²) in [6, 6.07) is 0. The van der Waals surface area contributed by atoms with Crippen molar-refractivity contribution < 1.29 is 28.6 Å². The summed E-state index contributed by atoms with van der Waals surface area (Å²) in [4.78, 5) is 38.1. The molecule has 6 heteroatoms. The van der Waals surface area contributed by atoms with Crippen molar-refractivity contribution in [3.63, 3.8) is 0 Å². The first-order valence-electron chi connectivity index (χ1n) is 28.4. The highest BCUT2D eigenvalue weighted by atomic mass is 16.6. The molecule has 0 rings (SSSR count). The van der Waals surface area contributed by atoms with Gasteiger partial charge in [-0.2, -0.15) is 0 Å². The van der Waals surface area contributed by atoms with Gasteiger partial charge in [0.05, 0.1) is 0 Å². The van der Waals surface area contributed by atoms with Gasteiger partial charge in [-0.1, -0.05) is 241 Å². The number of allylic oxidation sites excluding steroid dienone is 12. The van der Waals surface area contributed by atoms with Crippen molar-refractivity contribution in [1.29, 1.82) is 0 Å². The van der Waals surface area contributed by atoms with Crippen LogP contribution in [0.4, 0.5) is 0 Å². The Labute approximate surface area is 414 Å². The van der Waals surface area contributed by atoms with Crippen LogP contribution in [0.25, 0.3) is 0 Å². The molecule has 0 aromatic heterocycles. The molecule has 386 valence electrons. The maximum Gasteiger partial charge on any atom is 0.306 e. The summed E-state index contributed by atoms with van der Waals surface area (Å²) in [5.74, 6) is -0.903. The standard InChI is InChI=1S/C61H106O6/c1-4-7-10-13-16-19-22-25-27-29-30-32-34-37-40-43-46-49-52-55-61(64)67-58(56-65-59(62)53-50-47-44-41-38-35-24-21-18-15-12-9-6-3)57-66-60(63)54-51-48-45-42-39-36-33-31-28-26-23-20-17-14-11-8-5-2/h8,11,16-17,19-20,25-28,33,36,58H,4-7,9-10,12-15,18,21-24,29-32,34-35,37-57H2,1-3H3/b11-8-,19-16-,20-17-,27-25-,28-26-,36-33-/t58-/m0/s1. The van der Waals surface area contributed by atoms with Crippen molar-refractivity contribution in [3.8, 4) is 0 Å². The fourth-order valence-corrected chi connectivity index (χ4v) is 7.93. The van der Waals surface area contributed by atoms with Gasteiger partial charge >= 0.3 is 17.9 Å². The molecule has 0 aliphatic heterocycles. The Bertz CT molecular complexity index is 1260. The highest BCUT2D eigenvalue weighted by Crippen LogP contribution is 2.15. The number of carbonyl (C=O) groups excluding carboxylic acids is 3. The van der Waals surface area contributed by atoms with Gasteiger partial charge in [-0.15, -0.1) is 0 Å². The van der Waals surface area contributed by atoms with Crippen LogP contribution in [0, 0.1) is 0 Å². The normalized spacial score (nSPS) is 12.6. The summed E-state index contributed by atoms with van der Waals surface area (Å²) < 4.78 is 16.8. The lowest BCUT2D eigenvalue weighted by atomic mass is 10.0. The zero-order valence-corrected chi connectivity index (χ0v) is 44.2. The summed E-state index contributed by atoms with van der Waals surface area (Å²) in [7, 11) is 0. The third kappa shape index (κ3) is 53.7. The first kappa shape index (κ1) is 63.8. The molecule has 6 nitrogen and oxygen atoms in total. The number of hydrogen-bond donors (Lipinski definition) is 0. The molecule has 0 aliphatic carbocycles. The minimum absolute atomic E-state index is 0.0829. The van der Waals surface area contributed by atoms with E-state index in [1.54, 1.807) is 0 Å². The molecule has 0 aliphatic rings. The first-order valence-corrected chi connectivity index (χ1v) is 28.4. The Morgan fingerprint density at radius 3 is 0.940 bits per heavy atom. The van der Waals surface area contributed by atoms with Crippen molar-refractivity contribution >= 4 is 17.9 Å². The molecule has 0 aromatic carbocycles. The van der Waals surface area contributed by atoms with Gasteiger partial charge < -0.3 is 14.2 Å². The summed E-state index contributed by atoms with van der Waals surface area (Å²) in [6.07, 6.45) is 70.3. The van der Waals surface area contributed by atoms with Gasteiger partial charge in [0.2, 0.25) is 0 Å². The minimum atomic E-state index is -0.786. The Morgan fingerprint density at radius 1 is 0.313 bits per heavy atom. The van der Waals surface area contributed by atoms with Crippen LogP contribution in [0.5, 0.6) is 0 Å². The van der Waals surface area contributed by atoms with Crippen molar-refractivity contribution in [2.24, 2.45) is 0 Å². The predicted octanol–water partition coefficient (Wildman–Crippen LogP) is 19.0. The topological polar surface area (TPSA) is 78.9 Å². The predicted molar refractivity (Wildman–Crippen MR) is 288 cm³/mol. The number of ether oxygens (including phenoxy) is 3. The van der Waals surface area contributed by atoms with Crippen LogP contribution >= 0.6 is 0 Å². The molecule has 0 heterocycles. The fourth-order valence-electron chi connectivity index (χ4n) is 7.93. The number of unbranched alkanes of at least 4 members (excludes halogenated alkanes) is 28. The molecule has 0 aromatic rings. The molecule has 0 spiro atoms. The van der Waals surface area contributed by atoms with E-state index in [-0.39, 0.29) is 31.1 Å². The highest BCUT2D eigenvalue weighted by molar-refractivity contribution is 5.71. The lowest BCUT2D eigenvalue weighted by Gasteiger charge is -2.18. The second-order valence-corrected chi connectivity index (χ2v) is 18.8. The van der Waals surface area contributed by atoms with Gasteiger partial charge in [0.25, 0.3) is 0 Å². The fraction of sp³-hybridized carbons (Fsp3) is 0.754. The molecule has 0 saturated heterocycles. The van der Waals surface area contributed by atoms with E-state index in [0.29, 0.717) is 19.3 Å². The molecule has 67 heavy (non-hydrogen) atoms. The van der Waals surface area contributed by atoms with E-state index in [4.69, 9.17) is 14.2 Å². The molecule has 0 fully saturated rings. The number of carbonyl (C=O) groups is 3. The molecule has 0 radical (unpaired) electrons. The molecule has 0 unspecified atom stereocenters. The van der Waals surface area contributed by atoms with E-state index < -0.39 is 6.10 Å². The van der Waals surface area contributed by atoms with E-state index in [1.807, 2.05) is 0 Å². The summed E-state index contributed by atoms with van der Waals surface area (Å²) >= 11 is 0. The third-order valence-corrected chi connectivity index (χ3v) is 12.2. The van der Waals surface area contributed by atoms with E-state index in [2.05, 4.69) is 93.7 Å². The van der Waals surface area contributed by atoms with E-state index in [1.165, 1.54) is 135 Å².